The van der Waals surface area contributed by atoms with E-state index < -0.39 is 23.7 Å². The SMILES string of the molecule is CN1CCC2(CC1)CN(c1ccccc1C(F)(F)F)c1cc(Cl)ccc12.O=C(O)C=CC(=O)O. The first-order valence-electron chi connectivity index (χ1n) is 10.5. The molecule has 0 amide bonds. The lowest BCUT2D eigenvalue weighted by atomic mass is 9.74. The number of nitrogens with zero attached hydrogens (tertiary/aromatic N) is 2. The number of para-hydroxylation sites is 1. The fourth-order valence-corrected chi connectivity index (χ4v) is 4.60. The molecule has 2 aliphatic heterocycles. The van der Waals surface area contributed by atoms with Crippen LogP contribution < -0.4 is 4.90 Å². The zero-order valence-corrected chi connectivity index (χ0v) is 19.1. The van der Waals surface area contributed by atoms with E-state index in [2.05, 4.69) is 11.9 Å². The van der Waals surface area contributed by atoms with Gasteiger partial charge in [-0.1, -0.05) is 29.8 Å². The fourth-order valence-electron chi connectivity index (χ4n) is 4.43. The van der Waals surface area contributed by atoms with Gasteiger partial charge in [0.05, 0.1) is 11.3 Å². The number of rotatable bonds is 3. The molecule has 4 rings (SSSR count). The van der Waals surface area contributed by atoms with Gasteiger partial charge in [0.25, 0.3) is 0 Å². The van der Waals surface area contributed by atoms with Gasteiger partial charge in [-0.2, -0.15) is 13.2 Å². The Labute approximate surface area is 199 Å². The molecule has 1 saturated heterocycles. The monoisotopic (exact) mass is 496 g/mol. The van der Waals surface area contributed by atoms with Gasteiger partial charge in [0.2, 0.25) is 0 Å². The average Bonchev–Trinajstić information content (AvgIpc) is 3.07. The molecular weight excluding hydrogens is 473 g/mol. The summed E-state index contributed by atoms with van der Waals surface area (Å²) in [7, 11) is 2.08. The fraction of sp³-hybridized carbons (Fsp3) is 0.333. The number of benzene rings is 2. The summed E-state index contributed by atoms with van der Waals surface area (Å²) in [6, 6.07) is 11.5. The Kier molecular flexibility index (Phi) is 7.57. The van der Waals surface area contributed by atoms with Crippen LogP contribution in [0.25, 0.3) is 0 Å². The molecule has 0 aliphatic carbocycles. The van der Waals surface area contributed by atoms with Gasteiger partial charge in [0.15, 0.2) is 0 Å². The van der Waals surface area contributed by atoms with E-state index in [1.165, 1.54) is 6.07 Å². The van der Waals surface area contributed by atoms with E-state index in [0.29, 0.717) is 23.7 Å². The predicted octanol–water partition coefficient (Wildman–Crippen LogP) is 5.19. The normalized spacial score (nSPS) is 17.4. The molecule has 0 bridgehead atoms. The lowest BCUT2D eigenvalue weighted by molar-refractivity contribution is -0.137. The topological polar surface area (TPSA) is 81.1 Å². The van der Waals surface area contributed by atoms with E-state index in [1.54, 1.807) is 18.2 Å². The first-order valence-corrected chi connectivity index (χ1v) is 10.9. The van der Waals surface area contributed by atoms with Crippen molar-refractivity contribution in [1.29, 1.82) is 0 Å². The predicted molar refractivity (Wildman–Crippen MR) is 123 cm³/mol. The average molecular weight is 497 g/mol. The Morgan fingerprint density at radius 3 is 2.15 bits per heavy atom. The molecule has 2 aromatic rings. The maximum Gasteiger partial charge on any atom is 0.418 e. The molecule has 182 valence electrons. The van der Waals surface area contributed by atoms with Gasteiger partial charge in [-0.05, 0) is 62.8 Å². The number of halogens is 4. The van der Waals surface area contributed by atoms with E-state index in [-0.39, 0.29) is 11.1 Å². The van der Waals surface area contributed by atoms with Crippen molar-refractivity contribution in [3.63, 3.8) is 0 Å². The molecule has 0 unspecified atom stereocenters. The quantitative estimate of drug-likeness (QED) is 0.569. The second-order valence-electron chi connectivity index (χ2n) is 8.36. The number of hydrogen-bond acceptors (Lipinski definition) is 4. The first-order chi connectivity index (χ1) is 15.9. The van der Waals surface area contributed by atoms with E-state index >= 15 is 0 Å². The highest BCUT2D eigenvalue weighted by molar-refractivity contribution is 6.31. The highest BCUT2D eigenvalue weighted by atomic mass is 35.5. The lowest BCUT2D eigenvalue weighted by Crippen LogP contribution is -2.43. The van der Waals surface area contributed by atoms with Crippen LogP contribution in [0, 0.1) is 0 Å². The first kappa shape index (κ1) is 25.6. The summed E-state index contributed by atoms with van der Waals surface area (Å²) in [6.45, 7) is 2.44. The van der Waals surface area contributed by atoms with Crippen LogP contribution >= 0.6 is 11.6 Å². The number of carboxylic acid groups (broad SMARTS) is 2. The Balaban J connectivity index is 0.000000350. The van der Waals surface area contributed by atoms with Gasteiger partial charge in [-0.15, -0.1) is 0 Å². The van der Waals surface area contributed by atoms with Gasteiger partial charge in [0.1, 0.15) is 0 Å². The third kappa shape index (κ3) is 5.71. The molecule has 0 aromatic heterocycles. The van der Waals surface area contributed by atoms with Crippen molar-refractivity contribution in [2.45, 2.75) is 24.4 Å². The van der Waals surface area contributed by atoms with Gasteiger partial charge in [-0.25, -0.2) is 9.59 Å². The second kappa shape index (κ2) is 10.1. The smallest absolute Gasteiger partial charge is 0.418 e. The van der Waals surface area contributed by atoms with Crippen molar-refractivity contribution < 1.29 is 33.0 Å². The molecule has 2 heterocycles. The molecule has 1 fully saturated rings. The molecule has 2 N–H and O–H groups in total. The summed E-state index contributed by atoms with van der Waals surface area (Å²) in [6.07, 6.45) is -1.41. The van der Waals surface area contributed by atoms with E-state index in [1.807, 2.05) is 17.0 Å². The van der Waals surface area contributed by atoms with Crippen LogP contribution in [0.4, 0.5) is 24.5 Å². The summed E-state index contributed by atoms with van der Waals surface area (Å²) in [4.78, 5) is 23.2. The number of carboxylic acids is 2. The number of likely N-dealkylation sites (tertiary alicyclic amines) is 1. The van der Waals surface area contributed by atoms with E-state index in [9.17, 15) is 22.8 Å². The molecule has 10 heteroatoms. The molecule has 0 atom stereocenters. The standard InChI is InChI=1S/C20H20ClF3N2.C4H4O4/c1-25-10-8-19(9-11-25)13-26(18-12-14(21)6-7-15(18)19)17-5-3-2-4-16(17)20(22,23)24;5-3(6)1-2-4(7)8/h2-7,12H,8-11,13H2,1H3;1-2H,(H,5,6)(H,7,8). The highest BCUT2D eigenvalue weighted by Crippen LogP contribution is 2.52. The summed E-state index contributed by atoms with van der Waals surface area (Å²) >= 11 is 6.20. The third-order valence-corrected chi connectivity index (χ3v) is 6.33. The van der Waals surface area contributed by atoms with E-state index in [0.717, 1.165) is 43.2 Å². The van der Waals surface area contributed by atoms with Gasteiger partial charge in [0, 0.05) is 34.8 Å². The van der Waals surface area contributed by atoms with Crippen molar-refractivity contribution in [2.75, 3.05) is 31.6 Å². The van der Waals surface area contributed by atoms with Crippen LogP contribution in [0.2, 0.25) is 5.02 Å². The molecule has 1 spiro atoms. The summed E-state index contributed by atoms with van der Waals surface area (Å²) < 4.78 is 40.7. The molecule has 0 saturated carbocycles. The summed E-state index contributed by atoms with van der Waals surface area (Å²) in [5.41, 5.74) is 1.41. The summed E-state index contributed by atoms with van der Waals surface area (Å²) in [5.74, 6) is -2.51. The summed E-state index contributed by atoms with van der Waals surface area (Å²) in [5, 5.41) is 16.2. The largest absolute Gasteiger partial charge is 0.478 e. The van der Waals surface area contributed by atoms with E-state index in [4.69, 9.17) is 21.8 Å². The van der Waals surface area contributed by atoms with Gasteiger partial charge < -0.3 is 20.0 Å². The van der Waals surface area contributed by atoms with Gasteiger partial charge in [-0.3, -0.25) is 0 Å². The zero-order chi connectivity index (χ0) is 25.1. The maximum atomic E-state index is 13.6. The maximum absolute atomic E-state index is 13.6. The van der Waals surface area contributed by atoms with Crippen LogP contribution in [-0.4, -0.2) is 53.7 Å². The van der Waals surface area contributed by atoms with Crippen LogP contribution in [-0.2, 0) is 21.2 Å². The molecule has 0 radical (unpaired) electrons. The zero-order valence-electron chi connectivity index (χ0n) is 18.3. The number of hydrogen-bond donors (Lipinski definition) is 2. The van der Waals surface area contributed by atoms with Crippen LogP contribution in [0.5, 0.6) is 0 Å². The Morgan fingerprint density at radius 2 is 1.59 bits per heavy atom. The van der Waals surface area contributed by atoms with Crippen LogP contribution in [0.1, 0.15) is 24.0 Å². The van der Waals surface area contributed by atoms with Gasteiger partial charge >= 0.3 is 18.1 Å². The van der Waals surface area contributed by atoms with Crippen molar-refractivity contribution >= 4 is 34.9 Å². The Bertz CT molecular complexity index is 1080. The van der Waals surface area contributed by atoms with Crippen LogP contribution in [0.15, 0.2) is 54.6 Å². The Hall–Kier alpha value is -3.04. The third-order valence-electron chi connectivity index (χ3n) is 6.10. The molecule has 34 heavy (non-hydrogen) atoms. The lowest BCUT2D eigenvalue weighted by Gasteiger charge is -2.38. The molecule has 2 aliphatic rings. The van der Waals surface area contributed by atoms with Crippen LogP contribution in [0.3, 0.4) is 0 Å². The minimum Gasteiger partial charge on any atom is -0.478 e. The van der Waals surface area contributed by atoms with Crippen molar-refractivity contribution in [2.24, 2.45) is 0 Å². The minimum absolute atomic E-state index is 0.120. The second-order valence-corrected chi connectivity index (χ2v) is 8.79. The number of aliphatic carboxylic acids is 2. The number of piperidine rings is 1. The number of fused-ring (bicyclic) bond motifs is 2. The number of anilines is 2. The Morgan fingerprint density at radius 1 is 1.00 bits per heavy atom. The molecule has 2 aromatic carbocycles. The minimum atomic E-state index is -4.39. The number of alkyl halides is 3. The highest BCUT2D eigenvalue weighted by Gasteiger charge is 2.46. The van der Waals surface area contributed by atoms with Crippen molar-refractivity contribution in [1.82, 2.24) is 4.90 Å². The van der Waals surface area contributed by atoms with Crippen molar-refractivity contribution in [3.8, 4) is 0 Å². The molecule has 6 nitrogen and oxygen atoms in total. The molecular formula is C24H24ClF3N2O4. The number of carbonyl (C=O) groups is 2. The van der Waals surface area contributed by atoms with Crippen molar-refractivity contribution in [3.05, 3.63) is 70.8 Å².